The van der Waals surface area contributed by atoms with Gasteiger partial charge in [0.15, 0.2) is 0 Å². The van der Waals surface area contributed by atoms with Crippen LogP contribution in [0, 0.1) is 18.8 Å². The van der Waals surface area contributed by atoms with Gasteiger partial charge in [0.1, 0.15) is 6.61 Å². The molecule has 0 unspecified atom stereocenters. The van der Waals surface area contributed by atoms with Crippen LogP contribution in [0.15, 0.2) is 16.6 Å². The molecule has 1 aromatic carbocycles. The second-order valence-corrected chi connectivity index (χ2v) is 6.78. The van der Waals surface area contributed by atoms with Crippen LogP contribution in [-0.4, -0.2) is 25.1 Å². The molecule has 1 aliphatic heterocycles. The Morgan fingerprint density at radius 2 is 2.03 bits per heavy atom. The van der Waals surface area contributed by atoms with E-state index in [1.54, 1.807) is 6.08 Å². The first kappa shape index (κ1) is 22.1. The van der Waals surface area contributed by atoms with Crippen molar-refractivity contribution < 1.29 is 23.9 Å². The highest BCUT2D eigenvalue weighted by molar-refractivity contribution is 6.00. The molecule has 0 N–H and O–H groups in total. The van der Waals surface area contributed by atoms with Gasteiger partial charge in [0, 0.05) is 24.8 Å². The quantitative estimate of drug-likeness (QED) is 0.229. The molecule has 152 valence electrons. The smallest absolute Gasteiger partial charge is 0.341 e. The van der Waals surface area contributed by atoms with Crippen molar-refractivity contribution in [2.24, 2.45) is 4.99 Å². The lowest BCUT2D eigenvalue weighted by atomic mass is 9.88. The molecule has 6 nitrogen and oxygen atoms in total. The van der Waals surface area contributed by atoms with E-state index in [-0.39, 0.29) is 12.6 Å². The summed E-state index contributed by atoms with van der Waals surface area (Å²) in [6.07, 6.45) is 6.10. The van der Waals surface area contributed by atoms with Crippen LogP contribution >= 0.6 is 0 Å². The monoisotopic (exact) mass is 395 g/mol. The Morgan fingerprint density at radius 1 is 1.28 bits per heavy atom. The highest BCUT2D eigenvalue weighted by Gasteiger charge is 2.31. The Kier molecular flexibility index (Phi) is 7.94. The van der Waals surface area contributed by atoms with Crippen molar-refractivity contribution in [3.63, 3.8) is 0 Å². The summed E-state index contributed by atoms with van der Waals surface area (Å²) in [5, 5.41) is 0. The minimum atomic E-state index is -0.476. The number of methoxy groups -OCH3 is 1. The van der Waals surface area contributed by atoms with Crippen LogP contribution in [0.2, 0.25) is 0 Å². The molecule has 0 saturated heterocycles. The summed E-state index contributed by atoms with van der Waals surface area (Å²) in [7, 11) is 1.36. The zero-order chi connectivity index (χ0) is 21.4. The fourth-order valence-electron chi connectivity index (χ4n) is 3.33. The number of nitrogens with zero attached hydrogens (tertiary/aromatic N) is 1. The third kappa shape index (κ3) is 5.22. The highest BCUT2D eigenvalue weighted by Crippen LogP contribution is 2.39. The van der Waals surface area contributed by atoms with Crippen molar-refractivity contribution in [3.05, 3.63) is 39.5 Å². The van der Waals surface area contributed by atoms with Gasteiger partial charge in [-0.05, 0) is 43.4 Å². The van der Waals surface area contributed by atoms with Crippen LogP contribution in [0.1, 0.15) is 65.7 Å². The second-order valence-electron chi connectivity index (χ2n) is 6.78. The lowest BCUT2D eigenvalue weighted by Gasteiger charge is -2.16. The molecule has 0 fully saturated rings. The lowest BCUT2D eigenvalue weighted by Crippen LogP contribution is -2.05. The number of carbonyl (C=O) groups is 2. The Bertz CT molecular complexity index is 956. The van der Waals surface area contributed by atoms with Crippen LogP contribution < -0.4 is 0 Å². The highest BCUT2D eigenvalue weighted by atomic mass is 16.5. The molecule has 6 heteroatoms. The average Bonchev–Trinajstić information content (AvgIpc) is 3.10. The van der Waals surface area contributed by atoms with Gasteiger partial charge in [-0.3, -0.25) is 4.79 Å². The number of ether oxygens (including phenoxy) is 2. The van der Waals surface area contributed by atoms with Crippen molar-refractivity contribution in [2.45, 2.75) is 59.5 Å². The molecule has 0 spiro atoms. The summed E-state index contributed by atoms with van der Waals surface area (Å²) in [6.45, 7) is 6.02. The molecule has 1 aromatic rings. The molecule has 0 aliphatic carbocycles. The molecule has 1 aliphatic rings. The Labute approximate surface area is 171 Å². The standard InChI is InChI=1S/C23H25NO5/c1-5-6-7-8-17-16(3)19-13-29-23(27)21(19)22(24-14-25)18(17)11-9-15(2)10-12-20(26)28-4/h9H,5,8,10-13H2,1-4H3/b15-9+. The molecule has 1 heterocycles. The van der Waals surface area contributed by atoms with E-state index in [2.05, 4.69) is 21.6 Å². The summed E-state index contributed by atoms with van der Waals surface area (Å²) in [4.78, 5) is 38.6. The van der Waals surface area contributed by atoms with Crippen molar-refractivity contribution in [2.75, 3.05) is 7.11 Å². The van der Waals surface area contributed by atoms with E-state index in [1.165, 1.54) is 7.11 Å². The number of benzene rings is 1. The summed E-state index contributed by atoms with van der Waals surface area (Å²) in [6, 6.07) is 0. The Hall–Kier alpha value is -3.16. The zero-order valence-electron chi connectivity index (χ0n) is 17.3. The molecule has 0 aromatic heterocycles. The van der Waals surface area contributed by atoms with E-state index in [4.69, 9.17) is 4.74 Å². The van der Waals surface area contributed by atoms with E-state index in [0.717, 1.165) is 34.2 Å². The van der Waals surface area contributed by atoms with Crippen LogP contribution in [0.5, 0.6) is 0 Å². The number of aliphatic imine (C=N–C) groups is 1. The van der Waals surface area contributed by atoms with Crippen LogP contribution in [0.4, 0.5) is 5.69 Å². The van der Waals surface area contributed by atoms with E-state index < -0.39 is 5.97 Å². The maximum absolute atomic E-state index is 12.3. The average molecular weight is 395 g/mol. The zero-order valence-corrected chi connectivity index (χ0v) is 17.3. The number of hydrogen-bond donors (Lipinski definition) is 0. The van der Waals surface area contributed by atoms with E-state index in [0.29, 0.717) is 36.9 Å². The van der Waals surface area contributed by atoms with Gasteiger partial charge in [-0.25, -0.2) is 9.59 Å². The van der Waals surface area contributed by atoms with Gasteiger partial charge in [0.25, 0.3) is 0 Å². The summed E-state index contributed by atoms with van der Waals surface area (Å²) >= 11 is 0. The number of isocyanates is 1. The SMILES string of the molecule is CCC#CCc1c(C)c2c(c(N=C=O)c1C/C=C(\C)CCC(=O)OC)C(=O)OC2. The topological polar surface area (TPSA) is 82.0 Å². The van der Waals surface area contributed by atoms with Crippen molar-refractivity contribution in [3.8, 4) is 11.8 Å². The van der Waals surface area contributed by atoms with Gasteiger partial charge < -0.3 is 9.47 Å². The Balaban J connectivity index is 2.53. The lowest BCUT2D eigenvalue weighted by molar-refractivity contribution is -0.140. The Morgan fingerprint density at radius 3 is 2.69 bits per heavy atom. The number of carbonyl (C=O) groups excluding carboxylic acids is 3. The van der Waals surface area contributed by atoms with Crippen molar-refractivity contribution >= 4 is 23.7 Å². The number of hydrogen-bond acceptors (Lipinski definition) is 6. The first-order chi connectivity index (χ1) is 13.9. The van der Waals surface area contributed by atoms with Crippen molar-refractivity contribution in [1.82, 2.24) is 0 Å². The molecule has 0 atom stereocenters. The largest absolute Gasteiger partial charge is 0.469 e. The summed E-state index contributed by atoms with van der Waals surface area (Å²) in [5.41, 5.74) is 5.08. The van der Waals surface area contributed by atoms with Gasteiger partial charge in [-0.15, -0.1) is 5.92 Å². The molecule has 0 saturated carbocycles. The normalized spacial score (nSPS) is 12.4. The fraction of sp³-hybridized carbons (Fsp3) is 0.435. The molecule has 0 bridgehead atoms. The first-order valence-corrected chi connectivity index (χ1v) is 9.54. The molecular formula is C23H25NO5. The third-order valence-corrected chi connectivity index (χ3v) is 4.98. The molecule has 0 radical (unpaired) electrons. The van der Waals surface area contributed by atoms with Crippen LogP contribution in [0.25, 0.3) is 0 Å². The van der Waals surface area contributed by atoms with Gasteiger partial charge >= 0.3 is 11.9 Å². The maximum atomic E-state index is 12.3. The third-order valence-electron chi connectivity index (χ3n) is 4.98. The minimum absolute atomic E-state index is 0.170. The summed E-state index contributed by atoms with van der Waals surface area (Å²) in [5.74, 6) is 5.46. The van der Waals surface area contributed by atoms with E-state index >= 15 is 0 Å². The van der Waals surface area contributed by atoms with Gasteiger partial charge in [0.05, 0.1) is 18.4 Å². The minimum Gasteiger partial charge on any atom is -0.469 e. The van der Waals surface area contributed by atoms with E-state index in [1.807, 2.05) is 26.8 Å². The van der Waals surface area contributed by atoms with Crippen LogP contribution in [0.3, 0.4) is 0 Å². The van der Waals surface area contributed by atoms with Crippen LogP contribution in [-0.2, 0) is 38.5 Å². The molecule has 0 amide bonds. The number of fused-ring (bicyclic) bond motifs is 1. The first-order valence-electron chi connectivity index (χ1n) is 9.54. The van der Waals surface area contributed by atoms with Gasteiger partial charge in [0.2, 0.25) is 6.08 Å². The molecular weight excluding hydrogens is 370 g/mol. The van der Waals surface area contributed by atoms with Crippen molar-refractivity contribution in [1.29, 1.82) is 0 Å². The predicted molar refractivity (Wildman–Crippen MR) is 109 cm³/mol. The predicted octanol–water partition coefficient (Wildman–Crippen LogP) is 4.03. The summed E-state index contributed by atoms with van der Waals surface area (Å²) < 4.78 is 9.87. The number of esters is 2. The van der Waals surface area contributed by atoms with E-state index in [9.17, 15) is 14.4 Å². The number of cyclic esters (lactones) is 1. The molecule has 2 rings (SSSR count). The van der Waals surface area contributed by atoms with Gasteiger partial charge in [-0.2, -0.15) is 4.99 Å². The number of rotatable bonds is 7. The fourth-order valence-corrected chi connectivity index (χ4v) is 3.33. The number of allylic oxidation sites excluding steroid dienone is 2. The van der Waals surface area contributed by atoms with Gasteiger partial charge in [-0.1, -0.05) is 24.5 Å². The maximum Gasteiger partial charge on any atom is 0.341 e. The second kappa shape index (κ2) is 10.4. The molecule has 29 heavy (non-hydrogen) atoms.